The van der Waals surface area contributed by atoms with Crippen LogP contribution >= 0.6 is 11.3 Å². The molecule has 0 aliphatic heterocycles. The second-order valence-corrected chi connectivity index (χ2v) is 8.92. The Morgan fingerprint density at radius 1 is 1.08 bits per heavy atom. The van der Waals surface area contributed by atoms with Gasteiger partial charge in [0.15, 0.2) is 0 Å². The Balaban J connectivity index is 2.24. The van der Waals surface area contributed by atoms with E-state index in [1.165, 1.54) is 11.3 Å². The maximum absolute atomic E-state index is 12.8. The highest BCUT2D eigenvalue weighted by Crippen LogP contribution is 2.24. The summed E-state index contributed by atoms with van der Waals surface area (Å²) < 4.78 is 37.8. The molecule has 5 nitrogen and oxygen atoms in total. The number of rotatable bonds is 5. The second kappa shape index (κ2) is 7.34. The van der Waals surface area contributed by atoms with Gasteiger partial charge in [-0.3, -0.25) is 0 Å². The van der Waals surface area contributed by atoms with Gasteiger partial charge < -0.3 is 9.30 Å². The molecule has 138 valence electrons. The predicted octanol–water partition coefficient (Wildman–Crippen LogP) is 3.56. The van der Waals surface area contributed by atoms with Crippen molar-refractivity contribution in [3.63, 3.8) is 0 Å². The fourth-order valence-corrected chi connectivity index (χ4v) is 5.16. The van der Waals surface area contributed by atoms with Crippen molar-refractivity contribution in [3.05, 3.63) is 57.9 Å². The van der Waals surface area contributed by atoms with Crippen LogP contribution in [0.2, 0.25) is 0 Å². The second-order valence-electron chi connectivity index (χ2n) is 6.34. The minimum absolute atomic E-state index is 0.201. The molecule has 0 unspecified atom stereocenters. The molecule has 1 heterocycles. The molecule has 1 aromatic heterocycles. The SMILES string of the molecule is COCCn1/c(=N/S(=O)(=O)c2ccc(C)cc2)sc2c(C)cc(C)cc21. The van der Waals surface area contributed by atoms with Crippen LogP contribution in [0.4, 0.5) is 0 Å². The van der Waals surface area contributed by atoms with Gasteiger partial charge in [-0.05, 0) is 50.1 Å². The van der Waals surface area contributed by atoms with Gasteiger partial charge >= 0.3 is 0 Å². The third kappa shape index (κ3) is 3.75. The van der Waals surface area contributed by atoms with E-state index in [-0.39, 0.29) is 4.90 Å². The van der Waals surface area contributed by atoms with E-state index >= 15 is 0 Å². The van der Waals surface area contributed by atoms with E-state index in [1.54, 1.807) is 31.4 Å². The summed E-state index contributed by atoms with van der Waals surface area (Å²) >= 11 is 1.40. The predicted molar refractivity (Wildman–Crippen MR) is 105 cm³/mol. The number of ether oxygens (including phenoxy) is 1. The molecule has 0 aliphatic carbocycles. The number of thiazole rings is 1. The van der Waals surface area contributed by atoms with Gasteiger partial charge in [-0.25, -0.2) is 0 Å². The molecule has 3 rings (SSSR count). The summed E-state index contributed by atoms with van der Waals surface area (Å²) in [6.07, 6.45) is 0. The number of benzene rings is 2. The van der Waals surface area contributed by atoms with Crippen LogP contribution in [0, 0.1) is 20.8 Å². The Bertz CT molecular complexity index is 1110. The van der Waals surface area contributed by atoms with Crippen LogP contribution in [-0.2, 0) is 21.3 Å². The fraction of sp³-hybridized carbons (Fsp3) is 0.316. The standard InChI is InChI=1S/C19H22N2O3S2/c1-13-5-7-16(8-6-13)26(22,23)20-19-21(9-10-24-4)17-12-14(2)11-15(3)18(17)25-19/h5-8,11-12H,9-10H2,1-4H3/b20-19-. The van der Waals surface area contributed by atoms with Gasteiger partial charge in [0.2, 0.25) is 4.80 Å². The van der Waals surface area contributed by atoms with E-state index in [2.05, 4.69) is 16.5 Å². The molecule has 0 saturated heterocycles. The van der Waals surface area contributed by atoms with E-state index in [9.17, 15) is 8.42 Å². The first-order valence-corrected chi connectivity index (χ1v) is 10.5. The number of methoxy groups -OCH3 is 1. The lowest BCUT2D eigenvalue weighted by molar-refractivity contribution is 0.187. The fourth-order valence-electron chi connectivity index (χ4n) is 2.85. The minimum Gasteiger partial charge on any atom is -0.383 e. The molecular weight excluding hydrogens is 368 g/mol. The Kier molecular flexibility index (Phi) is 5.32. The molecule has 0 bridgehead atoms. The maximum Gasteiger partial charge on any atom is 0.285 e. The third-order valence-corrected chi connectivity index (χ3v) is 6.78. The Morgan fingerprint density at radius 3 is 2.42 bits per heavy atom. The molecule has 0 N–H and O–H groups in total. The van der Waals surface area contributed by atoms with E-state index in [0.717, 1.165) is 26.9 Å². The van der Waals surface area contributed by atoms with E-state index in [4.69, 9.17) is 4.74 Å². The van der Waals surface area contributed by atoms with E-state index < -0.39 is 10.0 Å². The summed E-state index contributed by atoms with van der Waals surface area (Å²) in [5.74, 6) is 0. The molecule has 26 heavy (non-hydrogen) atoms. The van der Waals surface area contributed by atoms with Crippen molar-refractivity contribution in [2.75, 3.05) is 13.7 Å². The maximum atomic E-state index is 12.8. The van der Waals surface area contributed by atoms with Crippen LogP contribution in [0.3, 0.4) is 0 Å². The van der Waals surface area contributed by atoms with Crippen molar-refractivity contribution in [3.8, 4) is 0 Å². The van der Waals surface area contributed by atoms with Gasteiger partial charge in [0.1, 0.15) is 0 Å². The molecule has 0 aliphatic rings. The molecule has 2 aromatic carbocycles. The van der Waals surface area contributed by atoms with Crippen LogP contribution in [0.25, 0.3) is 10.2 Å². The smallest absolute Gasteiger partial charge is 0.285 e. The van der Waals surface area contributed by atoms with Crippen molar-refractivity contribution in [1.82, 2.24) is 4.57 Å². The van der Waals surface area contributed by atoms with Gasteiger partial charge in [0.05, 0.1) is 21.7 Å². The summed E-state index contributed by atoms with van der Waals surface area (Å²) in [6, 6.07) is 10.9. The molecule has 0 radical (unpaired) electrons. The van der Waals surface area contributed by atoms with E-state index in [1.807, 2.05) is 25.3 Å². The van der Waals surface area contributed by atoms with Crippen LogP contribution in [0.15, 0.2) is 45.7 Å². The first kappa shape index (κ1) is 18.8. The number of fused-ring (bicyclic) bond motifs is 1. The number of hydrogen-bond acceptors (Lipinski definition) is 4. The monoisotopic (exact) mass is 390 g/mol. The van der Waals surface area contributed by atoms with Crippen molar-refractivity contribution in [2.24, 2.45) is 4.40 Å². The van der Waals surface area contributed by atoms with Crippen molar-refractivity contribution < 1.29 is 13.2 Å². The quantitative estimate of drug-likeness (QED) is 0.669. The summed E-state index contributed by atoms with van der Waals surface area (Å²) in [6.45, 7) is 7.01. The van der Waals surface area contributed by atoms with Crippen molar-refractivity contribution >= 4 is 31.6 Å². The number of aryl methyl sites for hydroxylation is 3. The molecule has 3 aromatic rings. The summed E-state index contributed by atoms with van der Waals surface area (Å²) in [5, 5.41) is 0. The van der Waals surface area contributed by atoms with Gasteiger partial charge in [-0.1, -0.05) is 35.1 Å². The Labute approximate surface area is 157 Å². The number of hydrogen-bond donors (Lipinski definition) is 0. The van der Waals surface area contributed by atoms with Crippen molar-refractivity contribution in [1.29, 1.82) is 0 Å². The summed E-state index contributed by atoms with van der Waals surface area (Å²) in [5.41, 5.74) is 4.24. The van der Waals surface area contributed by atoms with Crippen LogP contribution < -0.4 is 4.80 Å². The summed E-state index contributed by atoms with van der Waals surface area (Å²) in [4.78, 5) is 0.665. The molecule has 0 amide bonds. The molecule has 0 fully saturated rings. The highest BCUT2D eigenvalue weighted by atomic mass is 32.2. The first-order chi connectivity index (χ1) is 12.3. The Hall–Kier alpha value is -1.96. The largest absolute Gasteiger partial charge is 0.383 e. The number of sulfonamides is 1. The zero-order valence-electron chi connectivity index (χ0n) is 15.3. The average Bonchev–Trinajstić information content (AvgIpc) is 2.90. The lowest BCUT2D eigenvalue weighted by atomic mass is 10.1. The van der Waals surface area contributed by atoms with Crippen LogP contribution in [0.5, 0.6) is 0 Å². The lowest BCUT2D eigenvalue weighted by Gasteiger charge is -2.06. The summed E-state index contributed by atoms with van der Waals surface area (Å²) in [7, 11) is -2.14. The first-order valence-electron chi connectivity index (χ1n) is 8.29. The topological polar surface area (TPSA) is 60.7 Å². The average molecular weight is 391 g/mol. The highest BCUT2D eigenvalue weighted by Gasteiger charge is 2.15. The molecular formula is C19H22N2O3S2. The molecule has 0 spiro atoms. The van der Waals surface area contributed by atoms with Gasteiger partial charge in [0.25, 0.3) is 10.0 Å². The Morgan fingerprint density at radius 2 is 1.77 bits per heavy atom. The lowest BCUT2D eigenvalue weighted by Crippen LogP contribution is -2.19. The molecule has 0 atom stereocenters. The third-order valence-electron chi connectivity index (χ3n) is 4.15. The van der Waals surface area contributed by atoms with Crippen molar-refractivity contribution in [2.45, 2.75) is 32.2 Å². The van der Waals surface area contributed by atoms with Crippen LogP contribution in [-0.4, -0.2) is 26.7 Å². The molecule has 7 heteroatoms. The highest BCUT2D eigenvalue weighted by molar-refractivity contribution is 7.90. The number of aromatic nitrogens is 1. The normalized spacial score (nSPS) is 12.8. The van der Waals surface area contributed by atoms with E-state index in [0.29, 0.717) is 18.0 Å². The van der Waals surface area contributed by atoms with Gasteiger partial charge in [0, 0.05) is 13.7 Å². The van der Waals surface area contributed by atoms with Gasteiger partial charge in [-0.15, -0.1) is 4.40 Å². The number of nitrogens with zero attached hydrogens (tertiary/aromatic N) is 2. The zero-order chi connectivity index (χ0) is 18.9. The zero-order valence-corrected chi connectivity index (χ0v) is 16.9. The van der Waals surface area contributed by atoms with Crippen LogP contribution in [0.1, 0.15) is 16.7 Å². The van der Waals surface area contributed by atoms with Gasteiger partial charge in [-0.2, -0.15) is 8.42 Å². The molecule has 0 saturated carbocycles. The minimum atomic E-state index is -3.77.